The van der Waals surface area contributed by atoms with Gasteiger partial charge < -0.3 is 30.0 Å². The zero-order valence-corrected chi connectivity index (χ0v) is 26.8. The van der Waals surface area contributed by atoms with Gasteiger partial charge in [-0.15, -0.1) is 0 Å². The number of benzene rings is 1. The SMILES string of the molecule is CCO[C@@H]1/C(C)=C/[C@@H](C)[C@H](O)[C@H](OC)C[C@H](C)CC2=C(Nc3ccccc3)C(=O)C=C(NC(=O)/C(C)=C/C=C\[C@H]1OC)C2=O. The van der Waals surface area contributed by atoms with Crippen molar-refractivity contribution in [1.29, 1.82) is 0 Å². The van der Waals surface area contributed by atoms with Crippen molar-refractivity contribution in [3.8, 4) is 0 Å². The molecule has 1 aromatic rings. The van der Waals surface area contributed by atoms with E-state index in [9.17, 15) is 19.5 Å². The maximum absolute atomic E-state index is 13.8. The number of ether oxygens (including phenoxy) is 3. The zero-order chi connectivity index (χ0) is 32.4. The molecule has 0 aromatic heterocycles. The summed E-state index contributed by atoms with van der Waals surface area (Å²) >= 11 is 0. The number of aliphatic hydroxyl groups is 1. The summed E-state index contributed by atoms with van der Waals surface area (Å²) in [5.74, 6) is -1.81. The van der Waals surface area contributed by atoms with E-state index in [1.165, 1.54) is 0 Å². The molecule has 2 aliphatic rings. The standard InChI is InChI=1S/C35H46N2O7/c1-8-44-34-24(5)19-23(4)32(39)30(43-7)18-21(2)17-26-31(36-25-14-10-9-11-15-25)28(38)20-27(33(26)40)37-35(41)22(3)13-12-16-29(34)42-6/h9-16,19-21,23,29-30,32,34,36,39H,8,17-18H2,1-7H3,(H,37,41)/b16-12-,22-13+,24-19+/t21-,23-,29-,30-,32+,34-/m1/s1. The van der Waals surface area contributed by atoms with Crippen LogP contribution in [0.15, 0.2) is 88.8 Å². The van der Waals surface area contributed by atoms with Crippen molar-refractivity contribution >= 4 is 23.2 Å². The summed E-state index contributed by atoms with van der Waals surface area (Å²) in [6, 6.07) is 9.13. The van der Waals surface area contributed by atoms with Crippen molar-refractivity contribution in [2.24, 2.45) is 11.8 Å². The number of aliphatic hydroxyl groups excluding tert-OH is 1. The molecule has 3 rings (SSSR count). The minimum atomic E-state index is -0.849. The van der Waals surface area contributed by atoms with Crippen LogP contribution in [0.1, 0.15) is 47.5 Å². The minimum absolute atomic E-state index is 0.0848. The maximum Gasteiger partial charge on any atom is 0.251 e. The summed E-state index contributed by atoms with van der Waals surface area (Å²) in [7, 11) is 3.13. The number of para-hydroxylation sites is 1. The largest absolute Gasteiger partial charge is 0.390 e. The highest BCUT2D eigenvalue weighted by Crippen LogP contribution is 2.30. The Bertz CT molecular complexity index is 1340. The predicted molar refractivity (Wildman–Crippen MR) is 171 cm³/mol. The number of anilines is 1. The highest BCUT2D eigenvalue weighted by atomic mass is 16.5. The van der Waals surface area contributed by atoms with Gasteiger partial charge >= 0.3 is 0 Å². The average molecular weight is 607 g/mol. The van der Waals surface area contributed by atoms with Gasteiger partial charge in [-0.1, -0.05) is 56.4 Å². The van der Waals surface area contributed by atoms with E-state index in [0.29, 0.717) is 24.3 Å². The van der Waals surface area contributed by atoms with E-state index in [2.05, 4.69) is 10.6 Å². The summed E-state index contributed by atoms with van der Waals surface area (Å²) in [4.78, 5) is 40.3. The molecule has 0 radical (unpaired) electrons. The van der Waals surface area contributed by atoms with Gasteiger partial charge in [-0.05, 0) is 57.2 Å². The summed E-state index contributed by atoms with van der Waals surface area (Å²) in [6.07, 6.45) is 6.60. The lowest BCUT2D eigenvalue weighted by Crippen LogP contribution is -2.36. The Kier molecular flexibility index (Phi) is 13.0. The van der Waals surface area contributed by atoms with Crippen LogP contribution in [0.4, 0.5) is 5.69 Å². The third-order valence-corrected chi connectivity index (χ3v) is 7.94. The van der Waals surface area contributed by atoms with Crippen molar-refractivity contribution in [2.45, 2.75) is 71.9 Å². The Morgan fingerprint density at radius 3 is 2.39 bits per heavy atom. The highest BCUT2D eigenvalue weighted by molar-refractivity contribution is 6.24. The molecule has 6 atom stereocenters. The number of carbonyl (C=O) groups excluding carboxylic acids is 3. The van der Waals surface area contributed by atoms with Gasteiger partial charge in [-0.2, -0.15) is 0 Å². The zero-order valence-electron chi connectivity index (χ0n) is 26.8. The summed E-state index contributed by atoms with van der Waals surface area (Å²) in [5.41, 5.74) is 2.23. The van der Waals surface area contributed by atoms with E-state index in [1.807, 2.05) is 52.0 Å². The average Bonchev–Trinajstić information content (AvgIpc) is 3.00. The molecule has 9 nitrogen and oxygen atoms in total. The molecule has 0 fully saturated rings. The quantitative estimate of drug-likeness (QED) is 0.311. The van der Waals surface area contributed by atoms with Gasteiger partial charge in [0.15, 0.2) is 0 Å². The molecule has 1 amide bonds. The molecule has 1 heterocycles. The summed E-state index contributed by atoms with van der Waals surface area (Å²) < 4.78 is 17.5. The Balaban J connectivity index is 2.08. The smallest absolute Gasteiger partial charge is 0.251 e. The number of nitrogens with one attached hydrogen (secondary N) is 2. The lowest BCUT2D eigenvalue weighted by Gasteiger charge is -2.30. The predicted octanol–water partition coefficient (Wildman–Crippen LogP) is 4.82. The van der Waals surface area contributed by atoms with Gasteiger partial charge in [0, 0.05) is 49.7 Å². The number of carbonyl (C=O) groups is 3. The van der Waals surface area contributed by atoms with Crippen LogP contribution in [0.25, 0.3) is 0 Å². The number of ketones is 2. The minimum Gasteiger partial charge on any atom is -0.390 e. The molecule has 0 spiro atoms. The normalized spacial score (nSPS) is 30.9. The van der Waals surface area contributed by atoms with Crippen LogP contribution >= 0.6 is 0 Å². The second-order valence-corrected chi connectivity index (χ2v) is 11.4. The van der Waals surface area contributed by atoms with E-state index in [0.717, 1.165) is 11.6 Å². The van der Waals surface area contributed by atoms with Crippen molar-refractivity contribution in [1.82, 2.24) is 5.32 Å². The topological polar surface area (TPSA) is 123 Å². The fourth-order valence-corrected chi connectivity index (χ4v) is 5.51. The van der Waals surface area contributed by atoms with E-state index in [-0.39, 0.29) is 35.2 Å². The first kappa shape index (κ1) is 34.9. The number of fused-ring (bicyclic) bond motifs is 2. The first-order chi connectivity index (χ1) is 21.0. The fourth-order valence-electron chi connectivity index (χ4n) is 5.51. The van der Waals surface area contributed by atoms with Crippen LogP contribution in [0.5, 0.6) is 0 Å². The van der Waals surface area contributed by atoms with Crippen LogP contribution in [-0.4, -0.2) is 67.8 Å². The van der Waals surface area contributed by atoms with Gasteiger partial charge in [-0.25, -0.2) is 0 Å². The molecular formula is C35H46N2O7. The van der Waals surface area contributed by atoms with Crippen LogP contribution in [0.3, 0.4) is 0 Å². The first-order valence-electron chi connectivity index (χ1n) is 15.1. The second kappa shape index (κ2) is 16.4. The number of amides is 1. The number of hydrogen-bond acceptors (Lipinski definition) is 8. The van der Waals surface area contributed by atoms with Crippen molar-refractivity contribution in [3.63, 3.8) is 0 Å². The van der Waals surface area contributed by atoms with Crippen LogP contribution in [0.2, 0.25) is 0 Å². The number of methoxy groups -OCH3 is 2. The third kappa shape index (κ3) is 8.95. The summed E-state index contributed by atoms with van der Waals surface area (Å²) in [5, 5.41) is 17.1. The van der Waals surface area contributed by atoms with Crippen molar-refractivity contribution in [2.75, 3.05) is 26.1 Å². The van der Waals surface area contributed by atoms with Crippen molar-refractivity contribution in [3.05, 3.63) is 88.8 Å². The molecule has 0 saturated heterocycles. The molecular weight excluding hydrogens is 560 g/mol. The Morgan fingerprint density at radius 2 is 1.75 bits per heavy atom. The third-order valence-electron chi connectivity index (χ3n) is 7.94. The molecule has 2 bridgehead atoms. The van der Waals surface area contributed by atoms with E-state index >= 15 is 0 Å². The van der Waals surface area contributed by atoms with Gasteiger partial charge in [0.25, 0.3) is 5.91 Å². The summed E-state index contributed by atoms with van der Waals surface area (Å²) in [6.45, 7) is 9.79. The fraction of sp³-hybridized carbons (Fsp3) is 0.457. The number of hydrogen-bond donors (Lipinski definition) is 3. The molecule has 1 aliphatic carbocycles. The lowest BCUT2D eigenvalue weighted by atomic mass is 9.85. The molecule has 44 heavy (non-hydrogen) atoms. The van der Waals surface area contributed by atoms with E-state index in [4.69, 9.17) is 14.2 Å². The molecule has 3 N–H and O–H groups in total. The number of rotatable bonds is 6. The van der Waals surface area contributed by atoms with Crippen LogP contribution < -0.4 is 10.6 Å². The molecule has 1 aromatic carbocycles. The van der Waals surface area contributed by atoms with E-state index < -0.39 is 41.9 Å². The molecule has 0 unspecified atom stereocenters. The van der Waals surface area contributed by atoms with Gasteiger partial charge in [-0.3, -0.25) is 14.4 Å². The molecule has 9 heteroatoms. The first-order valence-corrected chi connectivity index (χ1v) is 15.1. The number of allylic oxidation sites excluding steroid dienone is 4. The maximum atomic E-state index is 13.8. The number of Topliss-reactive ketones (excluding diaryl/α,β-unsaturated/α-hetero) is 1. The van der Waals surface area contributed by atoms with Crippen molar-refractivity contribution < 1.29 is 33.7 Å². The Labute approximate surface area is 260 Å². The highest BCUT2D eigenvalue weighted by Gasteiger charge is 2.33. The van der Waals surface area contributed by atoms with Gasteiger partial charge in [0.2, 0.25) is 11.6 Å². The molecule has 1 aliphatic heterocycles. The van der Waals surface area contributed by atoms with Crippen LogP contribution in [-0.2, 0) is 28.6 Å². The van der Waals surface area contributed by atoms with Gasteiger partial charge in [0.1, 0.15) is 12.2 Å². The Morgan fingerprint density at radius 1 is 1.05 bits per heavy atom. The van der Waals surface area contributed by atoms with Crippen LogP contribution in [0, 0.1) is 11.8 Å². The molecule has 238 valence electrons. The molecule has 0 saturated carbocycles. The van der Waals surface area contributed by atoms with E-state index in [1.54, 1.807) is 51.5 Å². The lowest BCUT2D eigenvalue weighted by molar-refractivity contribution is -0.120. The Hall–Kier alpha value is -3.63. The van der Waals surface area contributed by atoms with Gasteiger partial charge in [0.05, 0.1) is 23.6 Å². The second-order valence-electron chi connectivity index (χ2n) is 11.4. The monoisotopic (exact) mass is 606 g/mol.